The molecular weight excluding hydrogens is 322 g/mol. The van der Waals surface area contributed by atoms with Crippen LogP contribution in [0.5, 0.6) is 0 Å². The van der Waals surface area contributed by atoms with Crippen molar-refractivity contribution in [3.05, 3.63) is 35.0 Å². The molecule has 1 aliphatic carbocycles. The van der Waals surface area contributed by atoms with Crippen LogP contribution >= 0.6 is 0 Å². The monoisotopic (exact) mass is 353 g/mol. The van der Waals surface area contributed by atoms with Gasteiger partial charge in [-0.25, -0.2) is 0 Å². The van der Waals surface area contributed by atoms with Crippen molar-refractivity contribution in [2.24, 2.45) is 5.41 Å². The molecule has 1 amide bonds. The Balaban J connectivity index is 1.59. The zero-order valence-electron chi connectivity index (χ0n) is 16.4. The number of benzene rings is 1. The Kier molecular flexibility index (Phi) is 4.34. The maximum absolute atomic E-state index is 12.8. The fourth-order valence-corrected chi connectivity index (χ4v) is 4.85. The standard InChI is InChI=1S/C22H31N3O/c1-5-22(4,6-2)21(26)25-14-10-17-15-8-7-9-18-20(15)16(13(3)24-18)11-19(17)23-12-14/h7-9,14,17,19,23-24H,5-6,10-12H2,1-4H3,(H,25,26)/t14-,17+,19+/m0/s1. The molecule has 0 radical (unpaired) electrons. The number of hydrogen-bond donors (Lipinski definition) is 3. The fourth-order valence-electron chi connectivity index (χ4n) is 4.85. The van der Waals surface area contributed by atoms with Crippen LogP contribution in [0.25, 0.3) is 10.9 Å². The van der Waals surface area contributed by atoms with Gasteiger partial charge in [0.25, 0.3) is 0 Å². The molecule has 1 fully saturated rings. The second kappa shape index (κ2) is 6.41. The van der Waals surface area contributed by atoms with E-state index >= 15 is 0 Å². The second-order valence-corrected chi connectivity index (χ2v) is 8.50. The van der Waals surface area contributed by atoms with Gasteiger partial charge in [-0.3, -0.25) is 4.79 Å². The Bertz CT molecular complexity index is 833. The first-order valence-corrected chi connectivity index (χ1v) is 10.1. The SMILES string of the molecule is CCC(C)(CC)C(=O)N[C@@H]1CN[C@@H]2Cc3c(C)[nH]c4cccc(c34)[C@H]2C1. The molecule has 2 aliphatic rings. The smallest absolute Gasteiger partial charge is 0.226 e. The quantitative estimate of drug-likeness (QED) is 0.783. The Labute approximate surface area is 156 Å². The van der Waals surface area contributed by atoms with Gasteiger partial charge in [0.1, 0.15) is 0 Å². The highest BCUT2D eigenvalue weighted by atomic mass is 16.2. The van der Waals surface area contributed by atoms with Gasteiger partial charge in [0.05, 0.1) is 0 Å². The summed E-state index contributed by atoms with van der Waals surface area (Å²) in [7, 11) is 0. The molecule has 1 aliphatic heterocycles. The van der Waals surface area contributed by atoms with Gasteiger partial charge in [0, 0.05) is 46.6 Å². The van der Waals surface area contributed by atoms with Crippen molar-refractivity contribution in [1.82, 2.24) is 15.6 Å². The first-order chi connectivity index (χ1) is 12.5. The lowest BCUT2D eigenvalue weighted by atomic mass is 9.74. The summed E-state index contributed by atoms with van der Waals surface area (Å²) in [4.78, 5) is 16.4. The predicted molar refractivity (Wildman–Crippen MR) is 107 cm³/mol. The number of rotatable bonds is 4. The van der Waals surface area contributed by atoms with Gasteiger partial charge in [-0.05, 0) is 49.8 Å². The number of aryl methyl sites for hydroxylation is 1. The number of fused-ring (bicyclic) bond motifs is 2. The molecule has 4 rings (SSSR count). The van der Waals surface area contributed by atoms with E-state index in [1.165, 1.54) is 27.7 Å². The van der Waals surface area contributed by atoms with E-state index in [0.717, 1.165) is 32.2 Å². The average Bonchev–Trinajstić information content (AvgIpc) is 2.98. The van der Waals surface area contributed by atoms with Gasteiger partial charge in [0.15, 0.2) is 0 Å². The van der Waals surface area contributed by atoms with Crippen LogP contribution in [0, 0.1) is 12.3 Å². The van der Waals surface area contributed by atoms with Crippen LogP contribution in [-0.4, -0.2) is 29.5 Å². The van der Waals surface area contributed by atoms with Crippen molar-refractivity contribution < 1.29 is 4.79 Å². The molecule has 0 bridgehead atoms. The maximum Gasteiger partial charge on any atom is 0.226 e. The van der Waals surface area contributed by atoms with Crippen LogP contribution in [-0.2, 0) is 11.2 Å². The number of carbonyl (C=O) groups excluding carboxylic acids is 1. The topological polar surface area (TPSA) is 56.9 Å². The van der Waals surface area contributed by atoms with Crippen molar-refractivity contribution in [2.45, 2.75) is 71.4 Å². The van der Waals surface area contributed by atoms with Crippen LogP contribution in [0.2, 0.25) is 0 Å². The average molecular weight is 354 g/mol. The number of H-pyrrole nitrogens is 1. The van der Waals surface area contributed by atoms with Crippen molar-refractivity contribution in [2.75, 3.05) is 6.54 Å². The second-order valence-electron chi connectivity index (χ2n) is 8.50. The number of piperidine rings is 1. The highest BCUT2D eigenvalue weighted by Gasteiger charge is 2.39. The summed E-state index contributed by atoms with van der Waals surface area (Å²) in [6.07, 6.45) is 3.87. The molecule has 1 aromatic carbocycles. The van der Waals surface area contributed by atoms with Gasteiger partial charge in [-0.15, -0.1) is 0 Å². The Morgan fingerprint density at radius 1 is 1.31 bits per heavy atom. The van der Waals surface area contributed by atoms with E-state index in [0.29, 0.717) is 12.0 Å². The zero-order valence-corrected chi connectivity index (χ0v) is 16.4. The van der Waals surface area contributed by atoms with Crippen molar-refractivity contribution in [3.63, 3.8) is 0 Å². The number of hydrogen-bond acceptors (Lipinski definition) is 2. The minimum atomic E-state index is -0.256. The van der Waals surface area contributed by atoms with Crippen LogP contribution in [0.1, 0.15) is 62.8 Å². The third kappa shape index (κ3) is 2.66. The van der Waals surface area contributed by atoms with Gasteiger partial charge < -0.3 is 15.6 Å². The van der Waals surface area contributed by atoms with E-state index in [4.69, 9.17) is 0 Å². The van der Waals surface area contributed by atoms with Gasteiger partial charge in [-0.1, -0.05) is 32.9 Å². The summed E-state index contributed by atoms with van der Waals surface area (Å²) >= 11 is 0. The highest BCUT2D eigenvalue weighted by Crippen LogP contribution is 2.42. The van der Waals surface area contributed by atoms with Gasteiger partial charge in [-0.2, -0.15) is 0 Å². The number of amides is 1. The van der Waals surface area contributed by atoms with Gasteiger partial charge in [0.2, 0.25) is 5.91 Å². The van der Waals surface area contributed by atoms with Gasteiger partial charge >= 0.3 is 0 Å². The molecule has 0 saturated carbocycles. The lowest BCUT2D eigenvalue weighted by Gasteiger charge is -2.41. The van der Waals surface area contributed by atoms with Crippen molar-refractivity contribution >= 4 is 16.8 Å². The van der Waals surface area contributed by atoms with E-state index in [-0.39, 0.29) is 17.4 Å². The summed E-state index contributed by atoms with van der Waals surface area (Å²) in [5.41, 5.74) is 5.21. The van der Waals surface area contributed by atoms with Crippen LogP contribution in [0.4, 0.5) is 0 Å². The summed E-state index contributed by atoms with van der Waals surface area (Å²) in [5.74, 6) is 0.676. The summed E-state index contributed by atoms with van der Waals surface area (Å²) in [6.45, 7) is 9.34. The first-order valence-electron chi connectivity index (χ1n) is 10.1. The molecule has 1 saturated heterocycles. The largest absolute Gasteiger partial charge is 0.358 e. The van der Waals surface area contributed by atoms with Crippen LogP contribution in [0.3, 0.4) is 0 Å². The Morgan fingerprint density at radius 3 is 2.81 bits per heavy atom. The molecule has 4 nitrogen and oxygen atoms in total. The molecule has 0 unspecified atom stereocenters. The molecule has 26 heavy (non-hydrogen) atoms. The van der Waals surface area contributed by atoms with Crippen molar-refractivity contribution in [3.8, 4) is 0 Å². The third-order valence-electron chi connectivity index (χ3n) is 7.09. The van der Waals surface area contributed by atoms with Crippen molar-refractivity contribution in [1.29, 1.82) is 0 Å². The van der Waals surface area contributed by atoms with E-state index in [2.05, 4.69) is 61.5 Å². The minimum Gasteiger partial charge on any atom is -0.358 e. The van der Waals surface area contributed by atoms with E-state index in [9.17, 15) is 4.79 Å². The summed E-state index contributed by atoms with van der Waals surface area (Å²) in [6, 6.07) is 7.30. The Hall–Kier alpha value is -1.81. The van der Waals surface area contributed by atoms with Crippen LogP contribution < -0.4 is 10.6 Å². The van der Waals surface area contributed by atoms with Crippen LogP contribution in [0.15, 0.2) is 18.2 Å². The normalized spacial score (nSPS) is 25.2. The fraction of sp³-hybridized carbons (Fsp3) is 0.591. The highest BCUT2D eigenvalue weighted by molar-refractivity contribution is 5.89. The molecule has 0 spiro atoms. The number of carbonyl (C=O) groups is 1. The Morgan fingerprint density at radius 2 is 2.08 bits per heavy atom. The summed E-state index contributed by atoms with van der Waals surface area (Å²) in [5, 5.41) is 8.51. The summed E-state index contributed by atoms with van der Waals surface area (Å²) < 4.78 is 0. The third-order valence-corrected chi connectivity index (χ3v) is 7.09. The zero-order chi connectivity index (χ0) is 18.5. The molecule has 2 heterocycles. The van der Waals surface area contributed by atoms with E-state index in [1.807, 2.05) is 0 Å². The maximum atomic E-state index is 12.8. The molecule has 2 aromatic rings. The molecule has 140 valence electrons. The number of aromatic amines is 1. The molecule has 4 heteroatoms. The predicted octanol–water partition coefficient (Wildman–Crippen LogP) is 3.79. The first kappa shape index (κ1) is 17.6. The minimum absolute atomic E-state index is 0.206. The molecule has 3 N–H and O–H groups in total. The molecular formula is C22H31N3O. The lowest BCUT2D eigenvalue weighted by Crippen LogP contribution is -2.56. The van der Waals surface area contributed by atoms with E-state index in [1.54, 1.807) is 0 Å². The lowest BCUT2D eigenvalue weighted by molar-refractivity contribution is -0.131. The van der Waals surface area contributed by atoms with E-state index < -0.39 is 0 Å². The molecule has 1 aromatic heterocycles. The molecule has 3 atom stereocenters. The number of nitrogens with one attached hydrogen (secondary N) is 3. The number of aromatic nitrogens is 1.